The van der Waals surface area contributed by atoms with Gasteiger partial charge in [0.25, 0.3) is 0 Å². The summed E-state index contributed by atoms with van der Waals surface area (Å²) in [6.07, 6.45) is 3.47. The molecule has 0 aromatic heterocycles. The van der Waals surface area contributed by atoms with Crippen LogP contribution in [-0.2, 0) is 23.8 Å². The number of carbonyl (C=O) groups excluding carboxylic acids is 2. The quantitative estimate of drug-likeness (QED) is 0.613. The van der Waals surface area contributed by atoms with Crippen LogP contribution in [-0.4, -0.2) is 41.6 Å². The molecule has 1 saturated heterocycles. The molecule has 2 aliphatic heterocycles. The topological polar surface area (TPSA) is 82.1 Å². The summed E-state index contributed by atoms with van der Waals surface area (Å²) in [6.45, 7) is 9.73. The number of cyclic esters (lactones) is 1. The zero-order chi connectivity index (χ0) is 18.6. The predicted molar refractivity (Wildman–Crippen MR) is 91.6 cm³/mol. The molecule has 3 fully saturated rings. The van der Waals surface area contributed by atoms with Crippen LogP contribution in [0.15, 0.2) is 36.0 Å². The van der Waals surface area contributed by atoms with Gasteiger partial charge < -0.3 is 19.3 Å². The van der Waals surface area contributed by atoms with Gasteiger partial charge in [0.2, 0.25) is 6.29 Å². The van der Waals surface area contributed by atoms with E-state index in [9.17, 15) is 14.7 Å². The molecule has 1 unspecified atom stereocenters. The standard InChI is InChI=1S/C20H24O6/c1-10-5-7-14-17(16-11(2)4-6-13(10)16)26-19(22)20(14,23)9-24-15-8-12(3)18(21)25-15/h8,13-17,23H,1-2,4-7,9H2,3H3/t13-,14+,15?,16-,17-,20-/m0/s1. The highest BCUT2D eigenvalue weighted by atomic mass is 16.7. The molecular weight excluding hydrogens is 336 g/mol. The Morgan fingerprint density at radius 2 is 1.96 bits per heavy atom. The molecule has 0 bridgehead atoms. The molecule has 26 heavy (non-hydrogen) atoms. The van der Waals surface area contributed by atoms with Gasteiger partial charge in [-0.15, -0.1) is 0 Å². The maximum absolute atomic E-state index is 12.6. The van der Waals surface area contributed by atoms with Gasteiger partial charge >= 0.3 is 11.9 Å². The Bertz CT molecular complexity index is 722. The van der Waals surface area contributed by atoms with E-state index < -0.39 is 35.9 Å². The van der Waals surface area contributed by atoms with Gasteiger partial charge in [0.1, 0.15) is 6.10 Å². The van der Waals surface area contributed by atoms with E-state index in [-0.39, 0.29) is 18.4 Å². The number of hydrogen-bond donors (Lipinski definition) is 1. The van der Waals surface area contributed by atoms with Crippen molar-refractivity contribution < 1.29 is 28.9 Å². The van der Waals surface area contributed by atoms with Gasteiger partial charge in [-0.1, -0.05) is 24.3 Å². The normalized spacial score (nSPS) is 42.1. The lowest BCUT2D eigenvalue weighted by Crippen LogP contribution is -2.47. The Labute approximate surface area is 152 Å². The average Bonchev–Trinajstić information content (AvgIpc) is 3.17. The largest absolute Gasteiger partial charge is 0.459 e. The molecule has 6 atom stereocenters. The van der Waals surface area contributed by atoms with E-state index in [0.29, 0.717) is 12.0 Å². The Balaban J connectivity index is 1.55. The van der Waals surface area contributed by atoms with Crippen LogP contribution in [0.1, 0.15) is 32.6 Å². The first-order valence-electron chi connectivity index (χ1n) is 9.11. The third-order valence-electron chi connectivity index (χ3n) is 6.34. The van der Waals surface area contributed by atoms with Crippen LogP contribution in [0.4, 0.5) is 0 Å². The minimum absolute atomic E-state index is 0.0134. The summed E-state index contributed by atoms with van der Waals surface area (Å²) in [5.74, 6) is -1.23. The van der Waals surface area contributed by atoms with Crippen molar-refractivity contribution in [3.05, 3.63) is 36.0 Å². The minimum Gasteiger partial charge on any atom is -0.459 e. The number of aliphatic hydroxyl groups is 1. The minimum atomic E-state index is -1.75. The molecule has 0 radical (unpaired) electrons. The summed E-state index contributed by atoms with van der Waals surface area (Å²) < 4.78 is 16.2. The fraction of sp³-hybridized carbons (Fsp3) is 0.600. The smallest absolute Gasteiger partial charge is 0.341 e. The molecule has 0 aromatic carbocycles. The molecule has 0 amide bonds. The SMILES string of the molecule is C=C1CC[C@H]2C(=C)CC[C@@H]3[C@H](OC(=O)[C@]3(O)COC3C=C(C)C(=O)O3)[C@@H]12. The number of carbonyl (C=O) groups is 2. The zero-order valence-corrected chi connectivity index (χ0v) is 14.9. The Morgan fingerprint density at radius 1 is 1.23 bits per heavy atom. The molecular formula is C20H24O6. The monoisotopic (exact) mass is 360 g/mol. The summed E-state index contributed by atoms with van der Waals surface area (Å²) in [5, 5.41) is 11.1. The van der Waals surface area contributed by atoms with Crippen molar-refractivity contribution >= 4 is 11.9 Å². The maximum Gasteiger partial charge on any atom is 0.341 e. The lowest BCUT2D eigenvalue weighted by Gasteiger charge is -2.29. The molecule has 0 spiro atoms. The van der Waals surface area contributed by atoms with Crippen LogP contribution in [0.3, 0.4) is 0 Å². The maximum atomic E-state index is 12.6. The van der Waals surface area contributed by atoms with Crippen molar-refractivity contribution in [3.8, 4) is 0 Å². The summed E-state index contributed by atoms with van der Waals surface area (Å²) in [4.78, 5) is 24.0. The number of esters is 2. The molecule has 140 valence electrons. The van der Waals surface area contributed by atoms with Crippen LogP contribution in [0.25, 0.3) is 0 Å². The van der Waals surface area contributed by atoms with Crippen molar-refractivity contribution in [1.29, 1.82) is 0 Å². The Kier molecular flexibility index (Phi) is 4.08. The first kappa shape index (κ1) is 17.5. The number of rotatable bonds is 3. The second kappa shape index (κ2) is 6.06. The van der Waals surface area contributed by atoms with E-state index in [1.54, 1.807) is 6.92 Å². The van der Waals surface area contributed by atoms with E-state index in [4.69, 9.17) is 14.2 Å². The number of allylic oxidation sites excluding steroid dienone is 1. The van der Waals surface area contributed by atoms with Crippen molar-refractivity contribution in [2.75, 3.05) is 6.61 Å². The van der Waals surface area contributed by atoms with Crippen LogP contribution in [0.2, 0.25) is 0 Å². The molecule has 4 aliphatic rings. The Hall–Kier alpha value is -1.92. The van der Waals surface area contributed by atoms with Gasteiger partial charge in [-0.2, -0.15) is 0 Å². The fourth-order valence-electron chi connectivity index (χ4n) is 4.84. The third-order valence-corrected chi connectivity index (χ3v) is 6.34. The zero-order valence-electron chi connectivity index (χ0n) is 14.9. The predicted octanol–water partition coefficient (Wildman–Crippen LogP) is 2.04. The van der Waals surface area contributed by atoms with Crippen molar-refractivity contribution in [1.82, 2.24) is 0 Å². The molecule has 6 nitrogen and oxygen atoms in total. The van der Waals surface area contributed by atoms with Crippen LogP contribution in [0, 0.1) is 17.8 Å². The van der Waals surface area contributed by atoms with Gasteiger partial charge in [0.15, 0.2) is 5.60 Å². The van der Waals surface area contributed by atoms with E-state index in [1.807, 2.05) is 0 Å². The molecule has 2 aliphatic carbocycles. The van der Waals surface area contributed by atoms with E-state index in [2.05, 4.69) is 13.2 Å². The summed E-state index contributed by atoms with van der Waals surface area (Å²) >= 11 is 0. The highest BCUT2D eigenvalue weighted by molar-refractivity contribution is 5.90. The second-order valence-electron chi connectivity index (χ2n) is 7.86. The van der Waals surface area contributed by atoms with E-state index in [0.717, 1.165) is 30.4 Å². The lowest BCUT2D eigenvalue weighted by molar-refractivity contribution is -0.180. The van der Waals surface area contributed by atoms with Crippen LogP contribution < -0.4 is 0 Å². The average molecular weight is 360 g/mol. The third kappa shape index (κ3) is 2.55. The number of ether oxygens (including phenoxy) is 3. The van der Waals surface area contributed by atoms with E-state index >= 15 is 0 Å². The van der Waals surface area contributed by atoms with Crippen molar-refractivity contribution in [2.45, 2.75) is 50.6 Å². The first-order valence-corrected chi connectivity index (χ1v) is 9.11. The van der Waals surface area contributed by atoms with Gasteiger partial charge in [-0.3, -0.25) is 0 Å². The molecule has 6 heteroatoms. The molecule has 2 saturated carbocycles. The van der Waals surface area contributed by atoms with Gasteiger partial charge in [0.05, 0.1) is 6.61 Å². The highest BCUT2D eigenvalue weighted by Gasteiger charge is 2.61. The molecule has 2 heterocycles. The first-order chi connectivity index (χ1) is 12.3. The summed E-state index contributed by atoms with van der Waals surface area (Å²) in [5.41, 5.74) is 0.907. The number of hydrogen-bond acceptors (Lipinski definition) is 6. The lowest BCUT2D eigenvalue weighted by atomic mass is 9.78. The highest BCUT2D eigenvalue weighted by Crippen LogP contribution is 2.53. The van der Waals surface area contributed by atoms with E-state index in [1.165, 1.54) is 6.08 Å². The second-order valence-corrected chi connectivity index (χ2v) is 7.86. The van der Waals surface area contributed by atoms with Crippen LogP contribution >= 0.6 is 0 Å². The molecule has 4 rings (SSSR count). The Morgan fingerprint density at radius 3 is 2.65 bits per heavy atom. The van der Waals surface area contributed by atoms with Gasteiger partial charge in [0, 0.05) is 17.4 Å². The van der Waals surface area contributed by atoms with Crippen molar-refractivity contribution in [3.63, 3.8) is 0 Å². The van der Waals surface area contributed by atoms with Crippen molar-refractivity contribution in [2.24, 2.45) is 17.8 Å². The molecule has 1 N–H and O–H groups in total. The number of fused-ring (bicyclic) bond motifs is 3. The van der Waals surface area contributed by atoms with Crippen LogP contribution in [0.5, 0.6) is 0 Å². The fourth-order valence-corrected chi connectivity index (χ4v) is 4.84. The molecule has 0 aromatic rings. The summed E-state index contributed by atoms with van der Waals surface area (Å²) in [7, 11) is 0. The van der Waals surface area contributed by atoms with Gasteiger partial charge in [-0.05, 0) is 44.6 Å². The summed E-state index contributed by atoms with van der Waals surface area (Å²) in [6, 6.07) is 0. The van der Waals surface area contributed by atoms with Gasteiger partial charge in [-0.25, -0.2) is 9.59 Å².